The molecule has 2 N–H and O–H groups in total. The Hall–Kier alpha value is -2.31. The molecule has 0 aliphatic carbocycles. The van der Waals surface area contributed by atoms with Gasteiger partial charge in [-0.3, -0.25) is 4.79 Å². The zero-order valence-corrected chi connectivity index (χ0v) is 17.1. The molecule has 0 aliphatic rings. The second kappa shape index (κ2) is 8.38. The highest BCUT2D eigenvalue weighted by molar-refractivity contribution is 6.06. The number of nitrogens with zero attached hydrogens (tertiary/aromatic N) is 1. The fourth-order valence-corrected chi connectivity index (χ4v) is 2.88. The van der Waals surface area contributed by atoms with Crippen LogP contribution in [0.5, 0.6) is 0 Å². The first-order chi connectivity index (χ1) is 11.9. The van der Waals surface area contributed by atoms with Gasteiger partial charge in [0.15, 0.2) is 5.78 Å². The highest BCUT2D eigenvalue weighted by Gasteiger charge is 2.31. The van der Waals surface area contributed by atoms with Gasteiger partial charge in [-0.25, -0.2) is 9.59 Å². The van der Waals surface area contributed by atoms with Crippen LogP contribution in [0.15, 0.2) is 0 Å². The number of aryl methyl sites for hydroxylation is 1. The maximum absolute atomic E-state index is 13.1. The first kappa shape index (κ1) is 21.7. The lowest BCUT2D eigenvalue weighted by molar-refractivity contribution is 0.0593. The molecule has 1 aromatic rings. The van der Waals surface area contributed by atoms with Gasteiger partial charge < -0.3 is 19.9 Å². The van der Waals surface area contributed by atoms with Crippen LogP contribution in [0.4, 0.5) is 4.79 Å². The number of methoxy groups -OCH3 is 1. The molecular formula is C19H31N3O4. The second-order valence-electron chi connectivity index (χ2n) is 7.53. The largest absolute Gasteiger partial charge is 0.464 e. The van der Waals surface area contributed by atoms with Crippen LogP contribution in [0.2, 0.25) is 0 Å². The van der Waals surface area contributed by atoms with Gasteiger partial charge >= 0.3 is 12.0 Å². The molecule has 1 aromatic heterocycles. The predicted octanol–water partition coefficient (Wildman–Crippen LogP) is 3.21. The summed E-state index contributed by atoms with van der Waals surface area (Å²) in [5, 5.41) is 2.91. The summed E-state index contributed by atoms with van der Waals surface area (Å²) in [6.45, 7) is 13.2. The number of amides is 2. The van der Waals surface area contributed by atoms with Crippen molar-refractivity contribution < 1.29 is 19.1 Å². The van der Waals surface area contributed by atoms with E-state index in [1.165, 1.54) is 12.0 Å². The standard InChI is InChI=1S/C19H31N3O4/c1-9-10-22(18(25)21-19(5,6)7)13(4)16(23)14-11(2)15(17(24)26-8)20-12(14)3/h13,20H,9-10H2,1-8H3,(H,21,25). The third kappa shape index (κ3) is 4.86. The van der Waals surface area contributed by atoms with Crippen molar-refractivity contribution in [2.24, 2.45) is 0 Å². The van der Waals surface area contributed by atoms with E-state index < -0.39 is 17.6 Å². The fraction of sp³-hybridized carbons (Fsp3) is 0.632. The summed E-state index contributed by atoms with van der Waals surface area (Å²) < 4.78 is 4.75. The van der Waals surface area contributed by atoms with E-state index in [1.54, 1.807) is 20.8 Å². The SMILES string of the molecule is CCCN(C(=O)NC(C)(C)C)C(C)C(=O)c1c(C)[nH]c(C(=O)OC)c1C. The number of esters is 1. The number of nitrogens with one attached hydrogen (secondary N) is 2. The third-order valence-corrected chi connectivity index (χ3v) is 4.13. The van der Waals surface area contributed by atoms with Gasteiger partial charge in [-0.15, -0.1) is 0 Å². The van der Waals surface area contributed by atoms with Crippen molar-refractivity contribution in [2.75, 3.05) is 13.7 Å². The molecule has 0 saturated heterocycles. The molecular weight excluding hydrogens is 334 g/mol. The molecule has 0 radical (unpaired) electrons. The van der Waals surface area contributed by atoms with Gasteiger partial charge in [0.25, 0.3) is 0 Å². The molecule has 7 nitrogen and oxygen atoms in total. The van der Waals surface area contributed by atoms with E-state index in [0.717, 1.165) is 6.42 Å². The van der Waals surface area contributed by atoms with Crippen molar-refractivity contribution in [1.82, 2.24) is 15.2 Å². The molecule has 0 aromatic carbocycles. The van der Waals surface area contributed by atoms with Crippen LogP contribution in [0.3, 0.4) is 0 Å². The topological polar surface area (TPSA) is 91.5 Å². The smallest absolute Gasteiger partial charge is 0.354 e. The van der Waals surface area contributed by atoms with Crippen LogP contribution in [0.25, 0.3) is 0 Å². The van der Waals surface area contributed by atoms with E-state index in [9.17, 15) is 14.4 Å². The summed E-state index contributed by atoms with van der Waals surface area (Å²) in [5.41, 5.74) is 1.43. The first-order valence-electron chi connectivity index (χ1n) is 8.85. The first-order valence-corrected chi connectivity index (χ1v) is 8.85. The average molecular weight is 365 g/mol. The third-order valence-electron chi connectivity index (χ3n) is 4.13. The average Bonchev–Trinajstić information content (AvgIpc) is 2.83. The van der Waals surface area contributed by atoms with Crippen molar-refractivity contribution in [3.8, 4) is 0 Å². The Morgan fingerprint density at radius 3 is 2.27 bits per heavy atom. The van der Waals surface area contributed by atoms with Gasteiger partial charge in [0.05, 0.1) is 13.2 Å². The van der Waals surface area contributed by atoms with Crippen LogP contribution < -0.4 is 5.32 Å². The summed E-state index contributed by atoms with van der Waals surface area (Å²) in [7, 11) is 1.29. The van der Waals surface area contributed by atoms with E-state index in [4.69, 9.17) is 4.74 Å². The van der Waals surface area contributed by atoms with Crippen LogP contribution in [-0.2, 0) is 4.74 Å². The molecule has 1 rings (SSSR count). The Labute approximate surface area is 155 Å². The number of ether oxygens (including phenoxy) is 1. The maximum atomic E-state index is 13.1. The summed E-state index contributed by atoms with van der Waals surface area (Å²) >= 11 is 0. The number of hydrogen-bond acceptors (Lipinski definition) is 4. The number of ketones is 1. The highest BCUT2D eigenvalue weighted by Crippen LogP contribution is 2.22. The molecule has 2 amide bonds. The van der Waals surface area contributed by atoms with Gasteiger partial charge in [-0.2, -0.15) is 0 Å². The predicted molar refractivity (Wildman–Crippen MR) is 101 cm³/mol. The van der Waals surface area contributed by atoms with Crippen molar-refractivity contribution in [2.45, 2.75) is 66.5 Å². The van der Waals surface area contributed by atoms with E-state index in [2.05, 4.69) is 10.3 Å². The zero-order chi connectivity index (χ0) is 20.2. The minimum absolute atomic E-state index is 0.205. The molecule has 1 heterocycles. The van der Waals surface area contributed by atoms with Crippen LogP contribution in [-0.4, -0.2) is 52.9 Å². The van der Waals surface area contributed by atoms with Crippen molar-refractivity contribution in [3.05, 3.63) is 22.5 Å². The lowest BCUT2D eigenvalue weighted by atomic mass is 9.99. The van der Waals surface area contributed by atoms with Crippen LogP contribution in [0, 0.1) is 13.8 Å². The summed E-state index contributed by atoms with van der Waals surface area (Å²) in [4.78, 5) is 42.1. The second-order valence-corrected chi connectivity index (χ2v) is 7.53. The van der Waals surface area contributed by atoms with Crippen LogP contribution >= 0.6 is 0 Å². The minimum Gasteiger partial charge on any atom is -0.464 e. The molecule has 0 aliphatic heterocycles. The summed E-state index contributed by atoms with van der Waals surface area (Å²) in [6.07, 6.45) is 0.730. The quantitative estimate of drug-likeness (QED) is 0.598. The Morgan fingerprint density at radius 2 is 1.81 bits per heavy atom. The monoisotopic (exact) mass is 365 g/mol. The molecule has 7 heteroatoms. The molecule has 26 heavy (non-hydrogen) atoms. The molecule has 0 fully saturated rings. The summed E-state index contributed by atoms with van der Waals surface area (Å²) in [6, 6.07) is -0.935. The number of aromatic amines is 1. The molecule has 0 saturated carbocycles. The summed E-state index contributed by atoms with van der Waals surface area (Å²) in [5.74, 6) is -0.725. The Kier molecular flexibility index (Phi) is 7.00. The number of hydrogen-bond donors (Lipinski definition) is 2. The molecule has 1 unspecified atom stereocenters. The number of H-pyrrole nitrogens is 1. The lowest BCUT2D eigenvalue weighted by Gasteiger charge is -2.32. The van der Waals surface area contributed by atoms with Crippen LogP contribution in [0.1, 0.15) is 73.1 Å². The van der Waals surface area contributed by atoms with Crippen molar-refractivity contribution >= 4 is 17.8 Å². The van der Waals surface area contributed by atoms with Gasteiger partial charge in [0.2, 0.25) is 0 Å². The molecule has 146 valence electrons. The fourth-order valence-electron chi connectivity index (χ4n) is 2.88. The number of carbonyl (C=O) groups is 3. The van der Waals surface area contributed by atoms with E-state index in [1.807, 2.05) is 27.7 Å². The van der Waals surface area contributed by atoms with Gasteiger partial charge in [0, 0.05) is 23.3 Å². The maximum Gasteiger partial charge on any atom is 0.354 e. The molecule has 0 spiro atoms. The van der Waals surface area contributed by atoms with Crippen molar-refractivity contribution in [1.29, 1.82) is 0 Å². The van der Waals surface area contributed by atoms with E-state index in [0.29, 0.717) is 23.4 Å². The van der Waals surface area contributed by atoms with Gasteiger partial charge in [0.1, 0.15) is 5.69 Å². The van der Waals surface area contributed by atoms with E-state index in [-0.39, 0.29) is 17.5 Å². The Morgan fingerprint density at radius 1 is 1.23 bits per heavy atom. The molecule has 0 bridgehead atoms. The normalized spacial score (nSPS) is 12.5. The molecule has 1 atom stereocenters. The van der Waals surface area contributed by atoms with Crippen molar-refractivity contribution in [3.63, 3.8) is 0 Å². The zero-order valence-electron chi connectivity index (χ0n) is 17.1. The number of aromatic nitrogens is 1. The van der Waals surface area contributed by atoms with Gasteiger partial charge in [-0.05, 0) is 53.5 Å². The number of urea groups is 1. The van der Waals surface area contributed by atoms with Gasteiger partial charge in [-0.1, -0.05) is 6.92 Å². The number of carbonyl (C=O) groups excluding carboxylic acids is 3. The number of Topliss-reactive ketones (excluding diaryl/α,β-unsaturated/α-hetero) is 1. The Bertz CT molecular complexity index is 686. The Balaban J connectivity index is 3.19. The lowest BCUT2D eigenvalue weighted by Crippen LogP contribution is -2.53. The number of rotatable bonds is 6. The van der Waals surface area contributed by atoms with E-state index >= 15 is 0 Å². The minimum atomic E-state index is -0.656. The highest BCUT2D eigenvalue weighted by atomic mass is 16.5.